The van der Waals surface area contributed by atoms with Gasteiger partial charge in [0.25, 0.3) is 0 Å². The topological polar surface area (TPSA) is 18.5 Å². The maximum absolute atomic E-state index is 13.5. The molecule has 1 aromatic carbocycles. The van der Waals surface area contributed by atoms with Gasteiger partial charge in [0.2, 0.25) is 0 Å². The third-order valence-electron chi connectivity index (χ3n) is 5.39. The zero-order valence-corrected chi connectivity index (χ0v) is 16.4. The van der Waals surface area contributed by atoms with Gasteiger partial charge in [-0.25, -0.2) is 0 Å². The van der Waals surface area contributed by atoms with Gasteiger partial charge in [0.1, 0.15) is 0 Å². The van der Waals surface area contributed by atoms with Crippen LogP contribution in [0.2, 0.25) is 0 Å². The summed E-state index contributed by atoms with van der Waals surface area (Å²) in [4.78, 5) is 0. The van der Waals surface area contributed by atoms with Crippen LogP contribution in [0.1, 0.15) is 13.8 Å². The van der Waals surface area contributed by atoms with Crippen LogP contribution in [-0.2, 0) is 9.05 Å². The molecule has 0 aliphatic carbocycles. The van der Waals surface area contributed by atoms with Crippen LogP contribution >= 0.6 is 7.06 Å². The Kier molecular flexibility index (Phi) is 5.96. The molecule has 1 aromatic rings. The maximum atomic E-state index is 13.5. The van der Waals surface area contributed by atoms with E-state index >= 15 is 0 Å². The molecule has 0 amide bonds. The molecule has 0 N–H and O–H groups in total. The van der Waals surface area contributed by atoms with Gasteiger partial charge in [0.05, 0.1) is 0 Å². The first kappa shape index (κ1) is 26.0. The van der Waals surface area contributed by atoms with Crippen molar-refractivity contribution in [3.63, 3.8) is 0 Å². The zero-order valence-electron chi connectivity index (χ0n) is 15.5. The molecule has 2 rings (SSSR count). The van der Waals surface area contributed by atoms with Gasteiger partial charge in [-0.3, -0.25) is 0 Å². The fraction of sp³-hybridized carbons (Fsp3) is 0.625. The van der Waals surface area contributed by atoms with Crippen LogP contribution in [0.3, 0.4) is 0 Å². The van der Waals surface area contributed by atoms with Crippen molar-refractivity contribution in [3.8, 4) is 0 Å². The molecule has 1 saturated heterocycles. The Balaban J connectivity index is 2.86. The van der Waals surface area contributed by atoms with Crippen molar-refractivity contribution >= 4 is 12.4 Å². The number of rotatable bonds is 4. The fourth-order valence-electron chi connectivity index (χ4n) is 3.85. The van der Waals surface area contributed by atoms with Crippen LogP contribution in [0.4, 0.5) is 52.7 Å². The van der Waals surface area contributed by atoms with Gasteiger partial charge in [-0.1, -0.05) is 0 Å². The van der Waals surface area contributed by atoms with Gasteiger partial charge in [0.15, 0.2) is 0 Å². The second kappa shape index (κ2) is 7.11. The van der Waals surface area contributed by atoms with E-state index in [-0.39, 0.29) is 6.92 Å². The summed E-state index contributed by atoms with van der Waals surface area (Å²) in [6.07, 6.45) is -30.6. The van der Waals surface area contributed by atoms with Crippen molar-refractivity contribution in [2.75, 3.05) is 6.16 Å². The van der Waals surface area contributed by atoms with Gasteiger partial charge < -0.3 is 0 Å². The van der Waals surface area contributed by atoms with Gasteiger partial charge in [-0.05, 0) is 0 Å². The minimum absolute atomic E-state index is 0.253. The van der Waals surface area contributed by atoms with Gasteiger partial charge in [-0.2, -0.15) is 0 Å². The first-order valence-corrected chi connectivity index (χ1v) is 10.8. The van der Waals surface area contributed by atoms with E-state index in [4.69, 9.17) is 0 Å². The molecule has 31 heavy (non-hydrogen) atoms. The monoisotopic (exact) mass is 498 g/mol. The fourth-order valence-corrected chi connectivity index (χ4v) is 9.52. The van der Waals surface area contributed by atoms with E-state index in [9.17, 15) is 52.7 Å². The van der Waals surface area contributed by atoms with Crippen molar-refractivity contribution in [1.82, 2.24) is 0 Å². The Morgan fingerprint density at radius 1 is 0.871 bits per heavy atom. The van der Waals surface area contributed by atoms with Crippen molar-refractivity contribution in [3.05, 3.63) is 30.3 Å². The number of hydrogen-bond acceptors (Lipinski definition) is 2. The van der Waals surface area contributed by atoms with Crippen LogP contribution in [0.15, 0.2) is 30.3 Å². The van der Waals surface area contributed by atoms with Crippen LogP contribution in [0, 0.1) is 0 Å². The average molecular weight is 498 g/mol. The van der Waals surface area contributed by atoms with E-state index in [0.29, 0.717) is 0 Å². The molecule has 2 nitrogen and oxygen atoms in total. The molecule has 1 aliphatic heterocycles. The standard InChI is InChI=1S/C16H15F12O2P/c1-3-31(10-7-5-4-6-8-10,29-11(13(17,18)19)14(20,21)22)9(2)12(30-31,15(23,24)25)16(26,27)28/h4-9,11H,3H2,1-2H3. The molecule has 0 aromatic heterocycles. The number of halogens is 12. The average Bonchev–Trinajstić information content (AvgIpc) is 2.58. The number of alkyl halides is 12. The summed E-state index contributed by atoms with van der Waals surface area (Å²) in [5.74, 6) is 0. The summed E-state index contributed by atoms with van der Waals surface area (Å²) in [5.41, 5.74) is -7.97. The molecular formula is C16H15F12O2P. The summed E-state index contributed by atoms with van der Waals surface area (Å²) < 4.78 is 169. The summed E-state index contributed by atoms with van der Waals surface area (Å²) in [7, 11) is -6.08. The number of hydrogen-bond donors (Lipinski definition) is 0. The molecule has 15 heteroatoms. The predicted octanol–water partition coefficient (Wildman–Crippen LogP) is 6.51. The van der Waals surface area contributed by atoms with Gasteiger partial charge >= 0.3 is 167 Å². The summed E-state index contributed by atoms with van der Waals surface area (Å²) in [6.45, 7) is 1.07. The summed E-state index contributed by atoms with van der Waals surface area (Å²) >= 11 is 0. The summed E-state index contributed by atoms with van der Waals surface area (Å²) in [6, 6.07) is 4.84. The van der Waals surface area contributed by atoms with Crippen molar-refractivity contribution in [2.24, 2.45) is 0 Å². The van der Waals surface area contributed by atoms with E-state index < -0.39 is 60.6 Å². The molecule has 0 radical (unpaired) electrons. The van der Waals surface area contributed by atoms with E-state index in [1.165, 1.54) is 6.07 Å². The second-order valence-electron chi connectivity index (χ2n) is 6.91. The van der Waals surface area contributed by atoms with Crippen LogP contribution in [0.25, 0.3) is 0 Å². The summed E-state index contributed by atoms with van der Waals surface area (Å²) in [5, 5.41) is -0.730. The predicted molar refractivity (Wildman–Crippen MR) is 85.9 cm³/mol. The SMILES string of the molecule is CCP1(OC(C(F)(F)F)C(F)(F)F)(c2ccccc2)OC(C(F)(F)F)(C(F)(F)F)C1C. The second-order valence-corrected chi connectivity index (χ2v) is 11.6. The molecule has 0 bridgehead atoms. The van der Waals surface area contributed by atoms with Gasteiger partial charge in [0, 0.05) is 0 Å². The number of benzene rings is 1. The van der Waals surface area contributed by atoms with E-state index in [1.807, 2.05) is 0 Å². The van der Waals surface area contributed by atoms with E-state index in [2.05, 4.69) is 9.05 Å². The Hall–Kier alpha value is -1.27. The van der Waals surface area contributed by atoms with Crippen LogP contribution < -0.4 is 5.30 Å². The van der Waals surface area contributed by atoms with Crippen LogP contribution in [-0.4, -0.2) is 48.2 Å². The Morgan fingerprint density at radius 2 is 1.29 bits per heavy atom. The molecule has 0 saturated carbocycles. The normalized spacial score (nSPS) is 24.9. The van der Waals surface area contributed by atoms with Crippen LogP contribution in [0.5, 0.6) is 0 Å². The molecule has 1 heterocycles. The molecule has 1 unspecified atom stereocenters. The van der Waals surface area contributed by atoms with E-state index in [1.54, 1.807) is 0 Å². The molecule has 1 atom stereocenters. The molecular weight excluding hydrogens is 483 g/mol. The van der Waals surface area contributed by atoms with Crippen molar-refractivity contribution in [1.29, 1.82) is 0 Å². The molecule has 1 fully saturated rings. The third-order valence-corrected chi connectivity index (χ3v) is 11.3. The molecule has 180 valence electrons. The Morgan fingerprint density at radius 3 is 1.58 bits per heavy atom. The first-order chi connectivity index (χ1) is 13.7. The minimum atomic E-state index is -6.20. The third kappa shape index (κ3) is 3.58. The molecule has 0 spiro atoms. The first-order valence-electron chi connectivity index (χ1n) is 8.43. The quantitative estimate of drug-likeness (QED) is 0.348. The van der Waals surface area contributed by atoms with Crippen molar-refractivity contribution in [2.45, 2.75) is 55.9 Å². The van der Waals surface area contributed by atoms with Crippen molar-refractivity contribution < 1.29 is 61.7 Å². The zero-order chi connectivity index (χ0) is 24.3. The molecule has 1 aliphatic rings. The van der Waals surface area contributed by atoms with Gasteiger partial charge in [-0.15, -0.1) is 0 Å². The Labute approximate surface area is 167 Å². The van der Waals surface area contributed by atoms with E-state index in [0.717, 1.165) is 31.2 Å². The Bertz CT molecular complexity index is 766.